The van der Waals surface area contributed by atoms with Gasteiger partial charge >= 0.3 is 6.18 Å². The van der Waals surface area contributed by atoms with Crippen LogP contribution in [0, 0.1) is 11.8 Å². The SMILES string of the molecule is CCNC(CCCC(F)(F)F)C1CCC(CC)CC1. The maximum Gasteiger partial charge on any atom is 0.389 e. The quantitative estimate of drug-likeness (QED) is 0.698. The zero-order chi connectivity index (χ0) is 14.3. The molecule has 1 unspecified atom stereocenters. The van der Waals surface area contributed by atoms with E-state index in [-0.39, 0.29) is 12.5 Å². The van der Waals surface area contributed by atoms with Crippen LogP contribution in [0.1, 0.15) is 65.2 Å². The number of alkyl halides is 3. The van der Waals surface area contributed by atoms with Crippen molar-refractivity contribution in [3.05, 3.63) is 0 Å². The first kappa shape index (κ1) is 16.8. The number of hydrogen-bond acceptors (Lipinski definition) is 1. The summed E-state index contributed by atoms with van der Waals surface area (Å²) < 4.78 is 36.6. The van der Waals surface area contributed by atoms with E-state index in [1.54, 1.807) is 0 Å². The summed E-state index contributed by atoms with van der Waals surface area (Å²) in [5, 5.41) is 3.40. The van der Waals surface area contributed by atoms with Gasteiger partial charge in [-0.15, -0.1) is 0 Å². The number of halogens is 3. The molecule has 1 atom stereocenters. The minimum Gasteiger partial charge on any atom is -0.314 e. The van der Waals surface area contributed by atoms with Gasteiger partial charge in [-0.25, -0.2) is 0 Å². The maximum atomic E-state index is 12.2. The van der Waals surface area contributed by atoms with Gasteiger partial charge in [0, 0.05) is 12.5 Å². The van der Waals surface area contributed by atoms with Crippen LogP contribution in [0.3, 0.4) is 0 Å². The molecule has 1 nitrogen and oxygen atoms in total. The molecule has 0 amide bonds. The molecule has 0 aromatic carbocycles. The van der Waals surface area contributed by atoms with Crippen molar-refractivity contribution < 1.29 is 13.2 Å². The van der Waals surface area contributed by atoms with E-state index >= 15 is 0 Å². The second-order valence-corrected chi connectivity index (χ2v) is 5.86. The Morgan fingerprint density at radius 1 is 1.11 bits per heavy atom. The van der Waals surface area contributed by atoms with Gasteiger partial charge in [0.2, 0.25) is 0 Å². The van der Waals surface area contributed by atoms with Gasteiger partial charge in [0.25, 0.3) is 0 Å². The Hall–Kier alpha value is -0.250. The summed E-state index contributed by atoms with van der Waals surface area (Å²) >= 11 is 0. The molecule has 0 bridgehead atoms. The van der Waals surface area contributed by atoms with E-state index in [0.29, 0.717) is 12.3 Å². The molecule has 0 saturated heterocycles. The van der Waals surface area contributed by atoms with Crippen LogP contribution in [0.5, 0.6) is 0 Å². The summed E-state index contributed by atoms with van der Waals surface area (Å²) in [5.41, 5.74) is 0. The Bertz CT molecular complexity index is 232. The van der Waals surface area contributed by atoms with Crippen molar-refractivity contribution in [3.63, 3.8) is 0 Å². The van der Waals surface area contributed by atoms with E-state index in [2.05, 4.69) is 12.2 Å². The fraction of sp³-hybridized carbons (Fsp3) is 1.00. The summed E-state index contributed by atoms with van der Waals surface area (Å²) in [6.45, 7) is 5.12. The van der Waals surface area contributed by atoms with Crippen LogP contribution in [-0.2, 0) is 0 Å². The second kappa shape index (κ2) is 8.13. The first-order valence-corrected chi connectivity index (χ1v) is 7.76. The van der Waals surface area contributed by atoms with Gasteiger partial charge < -0.3 is 5.32 Å². The highest BCUT2D eigenvalue weighted by molar-refractivity contribution is 4.81. The summed E-state index contributed by atoms with van der Waals surface area (Å²) in [7, 11) is 0. The van der Waals surface area contributed by atoms with Gasteiger partial charge in [-0.05, 0) is 44.1 Å². The first-order valence-electron chi connectivity index (χ1n) is 7.76. The molecule has 0 aliphatic heterocycles. The highest BCUT2D eigenvalue weighted by Crippen LogP contribution is 2.34. The van der Waals surface area contributed by atoms with Crippen LogP contribution in [0.15, 0.2) is 0 Å². The fourth-order valence-corrected chi connectivity index (χ4v) is 3.29. The van der Waals surface area contributed by atoms with E-state index in [1.807, 2.05) is 6.92 Å². The summed E-state index contributed by atoms with van der Waals surface area (Å²) in [6, 6.07) is 0.283. The lowest BCUT2D eigenvalue weighted by molar-refractivity contribution is -0.136. The van der Waals surface area contributed by atoms with E-state index in [1.165, 1.54) is 32.1 Å². The Labute approximate surface area is 115 Å². The van der Waals surface area contributed by atoms with Crippen LogP contribution in [-0.4, -0.2) is 18.8 Å². The zero-order valence-electron chi connectivity index (χ0n) is 12.2. The molecule has 1 N–H and O–H groups in total. The second-order valence-electron chi connectivity index (χ2n) is 5.86. The standard InChI is InChI=1S/C15H28F3N/c1-3-12-7-9-13(10-8-12)14(19-4-2)6-5-11-15(16,17)18/h12-14,19H,3-11H2,1-2H3. The fourth-order valence-electron chi connectivity index (χ4n) is 3.29. The minimum atomic E-state index is -4.00. The zero-order valence-corrected chi connectivity index (χ0v) is 12.2. The Balaban J connectivity index is 2.35. The van der Waals surface area contributed by atoms with Crippen molar-refractivity contribution in [2.45, 2.75) is 77.4 Å². The van der Waals surface area contributed by atoms with Crippen molar-refractivity contribution in [3.8, 4) is 0 Å². The van der Waals surface area contributed by atoms with Gasteiger partial charge in [-0.3, -0.25) is 0 Å². The Kier molecular flexibility index (Phi) is 7.19. The average Bonchev–Trinajstić information content (AvgIpc) is 2.36. The van der Waals surface area contributed by atoms with E-state index in [0.717, 1.165) is 12.5 Å². The predicted molar refractivity (Wildman–Crippen MR) is 73.1 cm³/mol. The lowest BCUT2D eigenvalue weighted by atomic mass is 9.76. The summed E-state index contributed by atoms with van der Waals surface area (Å²) in [4.78, 5) is 0. The smallest absolute Gasteiger partial charge is 0.314 e. The largest absolute Gasteiger partial charge is 0.389 e. The van der Waals surface area contributed by atoms with Gasteiger partial charge in [0.15, 0.2) is 0 Å². The van der Waals surface area contributed by atoms with Crippen molar-refractivity contribution in [2.24, 2.45) is 11.8 Å². The predicted octanol–water partition coefficient (Wildman–Crippen LogP) is 4.91. The van der Waals surface area contributed by atoms with Crippen LogP contribution in [0.25, 0.3) is 0 Å². The van der Waals surface area contributed by atoms with Gasteiger partial charge in [0.1, 0.15) is 0 Å². The molecule has 0 radical (unpaired) electrons. The number of hydrogen-bond donors (Lipinski definition) is 1. The van der Waals surface area contributed by atoms with Gasteiger partial charge in [0.05, 0.1) is 0 Å². The van der Waals surface area contributed by atoms with Crippen molar-refractivity contribution in [2.75, 3.05) is 6.54 Å². The van der Waals surface area contributed by atoms with Crippen LogP contribution in [0.2, 0.25) is 0 Å². The Morgan fingerprint density at radius 3 is 2.21 bits per heavy atom. The molecule has 1 aliphatic rings. The molecular weight excluding hydrogens is 251 g/mol. The average molecular weight is 279 g/mol. The highest BCUT2D eigenvalue weighted by atomic mass is 19.4. The maximum absolute atomic E-state index is 12.2. The van der Waals surface area contributed by atoms with Crippen LogP contribution in [0.4, 0.5) is 13.2 Å². The third-order valence-corrected chi connectivity index (χ3v) is 4.48. The van der Waals surface area contributed by atoms with Crippen LogP contribution >= 0.6 is 0 Å². The topological polar surface area (TPSA) is 12.0 Å². The summed E-state index contributed by atoms with van der Waals surface area (Å²) in [5.74, 6) is 1.42. The van der Waals surface area contributed by atoms with E-state index in [9.17, 15) is 13.2 Å². The molecule has 1 aliphatic carbocycles. The molecule has 114 valence electrons. The van der Waals surface area contributed by atoms with Crippen molar-refractivity contribution >= 4 is 0 Å². The van der Waals surface area contributed by atoms with E-state index in [4.69, 9.17) is 0 Å². The third-order valence-electron chi connectivity index (χ3n) is 4.48. The molecule has 1 fully saturated rings. The Morgan fingerprint density at radius 2 is 1.74 bits per heavy atom. The monoisotopic (exact) mass is 279 g/mol. The molecule has 0 aromatic heterocycles. The lowest BCUT2D eigenvalue weighted by Crippen LogP contribution is -2.38. The molecule has 1 saturated carbocycles. The van der Waals surface area contributed by atoms with Crippen LogP contribution < -0.4 is 5.32 Å². The molecule has 19 heavy (non-hydrogen) atoms. The highest BCUT2D eigenvalue weighted by Gasteiger charge is 2.29. The molecule has 0 heterocycles. The molecule has 4 heteroatoms. The van der Waals surface area contributed by atoms with Crippen molar-refractivity contribution in [1.82, 2.24) is 5.32 Å². The van der Waals surface area contributed by atoms with Gasteiger partial charge in [-0.1, -0.05) is 33.1 Å². The lowest BCUT2D eigenvalue weighted by Gasteiger charge is -2.34. The molecule has 1 rings (SSSR count). The number of nitrogens with one attached hydrogen (secondary N) is 1. The molecule has 0 spiro atoms. The molecule has 0 aromatic rings. The van der Waals surface area contributed by atoms with E-state index < -0.39 is 12.6 Å². The van der Waals surface area contributed by atoms with Crippen molar-refractivity contribution in [1.29, 1.82) is 0 Å². The normalized spacial score (nSPS) is 26.4. The summed E-state index contributed by atoms with van der Waals surface area (Å²) in [6.07, 6.45) is 2.39. The minimum absolute atomic E-state index is 0.259. The first-order chi connectivity index (χ1) is 8.96. The third kappa shape index (κ3) is 6.64. The van der Waals surface area contributed by atoms with Gasteiger partial charge in [-0.2, -0.15) is 13.2 Å². The molecular formula is C15H28F3N. The number of rotatable bonds is 7.